The van der Waals surface area contributed by atoms with Gasteiger partial charge < -0.3 is 5.11 Å². The Morgan fingerprint density at radius 2 is 1.62 bits per heavy atom. The molecule has 0 aromatic carbocycles. The molecule has 0 aliphatic heterocycles. The Morgan fingerprint density at radius 1 is 1.50 bits per heavy atom. The van der Waals surface area contributed by atoms with Crippen LogP contribution in [-0.2, 0) is 0 Å². The fourth-order valence-corrected chi connectivity index (χ4v) is 0. The molecule has 0 fully saturated rings. The van der Waals surface area contributed by atoms with Crippen molar-refractivity contribution in [2.45, 2.75) is 26.1 Å². The second kappa shape index (κ2) is 3.81. The zero-order valence-electron chi connectivity index (χ0n) is 5.51. The maximum Gasteiger partial charge on any atom is 0.0773 e. The van der Waals surface area contributed by atoms with Crippen LogP contribution in [0.1, 0.15) is 20.8 Å². The number of rotatable bonds is 1. The molecule has 0 heterocycles. The lowest BCUT2D eigenvalue weighted by atomic mass is 10.1. The van der Waals surface area contributed by atoms with Crippen molar-refractivity contribution in [1.82, 2.24) is 0 Å². The van der Waals surface area contributed by atoms with Gasteiger partial charge in [-0.1, -0.05) is 13.8 Å². The maximum atomic E-state index is 9.06. The van der Waals surface area contributed by atoms with Gasteiger partial charge in [-0.05, 0) is 12.8 Å². The highest BCUT2D eigenvalue weighted by atomic mass is 79.9. The summed E-state index contributed by atoms with van der Waals surface area (Å²) in [4.78, 5) is 0. The summed E-state index contributed by atoms with van der Waals surface area (Å²) >= 11 is 0. The topological polar surface area (TPSA) is 20.2 Å². The van der Waals surface area contributed by atoms with Crippen LogP contribution in [0.15, 0.2) is 0 Å². The lowest BCUT2D eigenvalue weighted by Crippen LogP contribution is -2.21. The Labute approximate surface area is 63.8 Å². The third kappa shape index (κ3) is 5.02. The van der Waals surface area contributed by atoms with Crippen LogP contribution in [0.2, 0.25) is 0 Å². The summed E-state index contributed by atoms with van der Waals surface area (Å²) in [6, 6.07) is 0. The van der Waals surface area contributed by atoms with Gasteiger partial charge >= 0.3 is 0 Å². The molecule has 2 atom stereocenters. The van der Waals surface area contributed by atoms with Crippen molar-refractivity contribution in [2.75, 3.05) is 0 Å². The minimum absolute atomic E-state index is 0. The molecular weight excluding hydrogens is 187 g/mol. The average Bonchev–Trinajstić information content (AvgIpc) is 1.31. The first-order chi connectivity index (χ1) is 2.94. The van der Waals surface area contributed by atoms with Crippen LogP contribution in [0.25, 0.3) is 0 Å². The standard InChI is InChI=1S/C5H13OP.BrH/c1-4(2)5(3,6)7;/h4,6H,7H2,1-3H3;1H. The average molecular weight is 201 g/mol. The monoisotopic (exact) mass is 200 g/mol. The SMILES string of the molecule is Br.CC(C)C(C)(O)P. The van der Waals surface area contributed by atoms with Gasteiger partial charge in [-0.25, -0.2) is 0 Å². The number of hydrogen-bond donors (Lipinski definition) is 1. The molecule has 0 aromatic rings. The van der Waals surface area contributed by atoms with Gasteiger partial charge in [0.25, 0.3) is 0 Å². The molecule has 0 aliphatic carbocycles. The van der Waals surface area contributed by atoms with Gasteiger partial charge in [0.2, 0.25) is 0 Å². The molecule has 0 amide bonds. The van der Waals surface area contributed by atoms with E-state index in [1.807, 2.05) is 13.8 Å². The van der Waals surface area contributed by atoms with E-state index >= 15 is 0 Å². The van der Waals surface area contributed by atoms with Crippen LogP contribution in [0, 0.1) is 5.92 Å². The molecule has 52 valence electrons. The molecule has 0 radical (unpaired) electrons. The molecule has 0 saturated carbocycles. The van der Waals surface area contributed by atoms with Crippen molar-refractivity contribution in [3.8, 4) is 0 Å². The number of hydrogen-bond acceptors (Lipinski definition) is 1. The molecule has 1 nitrogen and oxygen atoms in total. The van der Waals surface area contributed by atoms with Crippen LogP contribution in [0.4, 0.5) is 0 Å². The van der Waals surface area contributed by atoms with Crippen molar-refractivity contribution in [3.05, 3.63) is 0 Å². The van der Waals surface area contributed by atoms with E-state index < -0.39 is 5.34 Å². The lowest BCUT2D eigenvalue weighted by Gasteiger charge is -2.20. The summed E-state index contributed by atoms with van der Waals surface area (Å²) in [6.07, 6.45) is 0. The number of aliphatic hydroxyl groups is 1. The van der Waals surface area contributed by atoms with Gasteiger partial charge in [0.1, 0.15) is 0 Å². The molecule has 2 unspecified atom stereocenters. The van der Waals surface area contributed by atoms with Crippen molar-refractivity contribution in [3.63, 3.8) is 0 Å². The van der Waals surface area contributed by atoms with E-state index in [1.54, 1.807) is 6.92 Å². The van der Waals surface area contributed by atoms with Crippen molar-refractivity contribution in [1.29, 1.82) is 0 Å². The molecule has 8 heavy (non-hydrogen) atoms. The Morgan fingerprint density at radius 3 is 1.62 bits per heavy atom. The van der Waals surface area contributed by atoms with Gasteiger partial charge in [-0.15, -0.1) is 26.2 Å². The fraction of sp³-hybridized carbons (Fsp3) is 1.00. The zero-order chi connectivity index (χ0) is 6.08. The van der Waals surface area contributed by atoms with E-state index in [1.165, 1.54) is 0 Å². The first-order valence-electron chi connectivity index (χ1n) is 2.46. The quantitative estimate of drug-likeness (QED) is 0.641. The third-order valence-electron chi connectivity index (χ3n) is 1.17. The van der Waals surface area contributed by atoms with Crippen molar-refractivity contribution < 1.29 is 5.11 Å². The molecule has 0 rings (SSSR count). The predicted molar refractivity (Wildman–Crippen MR) is 45.5 cm³/mol. The second-order valence-electron chi connectivity index (χ2n) is 2.38. The normalized spacial score (nSPS) is 17.2. The Hall–Kier alpha value is 0.870. The minimum atomic E-state index is -0.583. The largest absolute Gasteiger partial charge is 0.386 e. The molecule has 0 bridgehead atoms. The lowest BCUT2D eigenvalue weighted by molar-refractivity contribution is 0.106. The minimum Gasteiger partial charge on any atom is -0.386 e. The predicted octanol–water partition coefficient (Wildman–Crippen LogP) is 1.80. The summed E-state index contributed by atoms with van der Waals surface area (Å²) in [5.74, 6) is 0.317. The van der Waals surface area contributed by atoms with Gasteiger partial charge in [-0.3, -0.25) is 0 Å². The maximum absolute atomic E-state index is 9.06. The highest BCUT2D eigenvalue weighted by Gasteiger charge is 2.16. The van der Waals surface area contributed by atoms with E-state index in [9.17, 15) is 0 Å². The van der Waals surface area contributed by atoms with Gasteiger partial charge in [0, 0.05) is 0 Å². The van der Waals surface area contributed by atoms with Gasteiger partial charge in [-0.2, -0.15) is 0 Å². The molecule has 0 aromatic heterocycles. The number of halogens is 1. The van der Waals surface area contributed by atoms with Crippen LogP contribution >= 0.6 is 26.2 Å². The van der Waals surface area contributed by atoms with Gasteiger partial charge in [0.15, 0.2) is 0 Å². The first-order valence-corrected chi connectivity index (χ1v) is 3.03. The first kappa shape index (κ1) is 11.6. The van der Waals surface area contributed by atoms with Crippen LogP contribution in [0.3, 0.4) is 0 Å². The van der Waals surface area contributed by atoms with Crippen molar-refractivity contribution in [2.24, 2.45) is 5.92 Å². The Kier molecular flexibility index (Phi) is 5.55. The van der Waals surface area contributed by atoms with E-state index in [0.717, 1.165) is 0 Å². The fourth-order valence-electron chi connectivity index (χ4n) is 0. The molecular formula is C5H14BrOP. The highest BCUT2D eigenvalue weighted by Crippen LogP contribution is 2.22. The molecule has 0 spiro atoms. The van der Waals surface area contributed by atoms with E-state index in [-0.39, 0.29) is 17.0 Å². The Bertz CT molecular complexity index is 57.9. The van der Waals surface area contributed by atoms with Crippen molar-refractivity contribution >= 4 is 26.2 Å². The Balaban J connectivity index is 0. The molecule has 0 aliphatic rings. The van der Waals surface area contributed by atoms with Crippen LogP contribution in [0.5, 0.6) is 0 Å². The summed E-state index contributed by atoms with van der Waals surface area (Å²) in [5, 5.41) is 8.47. The smallest absolute Gasteiger partial charge is 0.0773 e. The summed E-state index contributed by atoms with van der Waals surface area (Å²) in [7, 11) is 2.39. The third-order valence-corrected chi connectivity index (χ3v) is 1.84. The molecule has 1 N–H and O–H groups in total. The summed E-state index contributed by atoms with van der Waals surface area (Å²) < 4.78 is 0. The molecule has 0 saturated heterocycles. The molecule has 3 heteroatoms. The summed E-state index contributed by atoms with van der Waals surface area (Å²) in [6.45, 7) is 5.74. The highest BCUT2D eigenvalue weighted by molar-refractivity contribution is 8.93. The zero-order valence-corrected chi connectivity index (χ0v) is 8.38. The van der Waals surface area contributed by atoms with E-state index in [2.05, 4.69) is 9.24 Å². The van der Waals surface area contributed by atoms with Crippen LogP contribution < -0.4 is 0 Å². The van der Waals surface area contributed by atoms with E-state index in [4.69, 9.17) is 5.11 Å². The second-order valence-corrected chi connectivity index (χ2v) is 3.55. The van der Waals surface area contributed by atoms with Gasteiger partial charge in [0.05, 0.1) is 5.34 Å². The van der Waals surface area contributed by atoms with Crippen LogP contribution in [-0.4, -0.2) is 10.4 Å². The summed E-state index contributed by atoms with van der Waals surface area (Å²) in [5.41, 5.74) is 0. The van der Waals surface area contributed by atoms with E-state index in [0.29, 0.717) is 5.92 Å².